The highest BCUT2D eigenvalue weighted by molar-refractivity contribution is 7.89. The molecular formula is C12H15FN2O2S. The molecule has 1 aromatic rings. The summed E-state index contributed by atoms with van der Waals surface area (Å²) in [6.45, 7) is 4.20. The minimum atomic E-state index is -3.83. The van der Waals surface area contributed by atoms with Crippen LogP contribution in [-0.2, 0) is 10.0 Å². The van der Waals surface area contributed by atoms with E-state index in [1.54, 1.807) is 6.07 Å². The molecule has 0 fully saturated rings. The number of nitriles is 1. The molecule has 0 aromatic heterocycles. The van der Waals surface area contributed by atoms with E-state index >= 15 is 0 Å². The fourth-order valence-electron chi connectivity index (χ4n) is 1.40. The highest BCUT2D eigenvalue weighted by Gasteiger charge is 2.20. The van der Waals surface area contributed by atoms with Crippen LogP contribution < -0.4 is 4.72 Å². The van der Waals surface area contributed by atoms with Crippen LogP contribution in [0.3, 0.4) is 0 Å². The number of hydrogen-bond donors (Lipinski definition) is 1. The van der Waals surface area contributed by atoms with Gasteiger partial charge in [-0.2, -0.15) is 5.26 Å². The van der Waals surface area contributed by atoms with Crippen molar-refractivity contribution in [3.05, 3.63) is 29.6 Å². The number of halogens is 1. The van der Waals surface area contributed by atoms with Crippen LogP contribution in [0, 0.1) is 23.1 Å². The van der Waals surface area contributed by atoms with Crippen molar-refractivity contribution < 1.29 is 12.8 Å². The van der Waals surface area contributed by atoms with Crippen molar-refractivity contribution in [1.82, 2.24) is 4.72 Å². The summed E-state index contributed by atoms with van der Waals surface area (Å²) in [5.41, 5.74) is -0.449. The molecule has 0 atom stereocenters. The molecule has 4 nitrogen and oxygen atoms in total. The summed E-state index contributed by atoms with van der Waals surface area (Å²) in [4.78, 5) is -0.311. The third kappa shape index (κ3) is 3.52. The first-order chi connectivity index (χ1) is 8.38. The summed E-state index contributed by atoms with van der Waals surface area (Å²) < 4.78 is 39.5. The molecule has 0 aliphatic rings. The van der Waals surface area contributed by atoms with E-state index in [0.717, 1.165) is 6.07 Å². The van der Waals surface area contributed by atoms with Crippen LogP contribution in [0.4, 0.5) is 4.39 Å². The first-order valence-corrected chi connectivity index (χ1v) is 7.05. The van der Waals surface area contributed by atoms with Gasteiger partial charge in [0.2, 0.25) is 10.0 Å². The summed E-state index contributed by atoms with van der Waals surface area (Å²) in [5, 5.41) is 8.79. The molecule has 1 aromatic carbocycles. The summed E-state index contributed by atoms with van der Waals surface area (Å²) in [5.74, 6) is -0.472. The van der Waals surface area contributed by atoms with Crippen molar-refractivity contribution in [3.63, 3.8) is 0 Å². The number of benzene rings is 1. The number of nitrogens with zero attached hydrogens (tertiary/aromatic N) is 1. The Kier molecular flexibility index (Phi) is 4.82. The molecule has 1 N–H and O–H groups in total. The van der Waals surface area contributed by atoms with E-state index in [2.05, 4.69) is 4.72 Å². The second kappa shape index (κ2) is 5.94. The lowest BCUT2D eigenvalue weighted by Gasteiger charge is -2.09. The van der Waals surface area contributed by atoms with E-state index in [0.29, 0.717) is 12.3 Å². The molecule has 0 heterocycles. The van der Waals surface area contributed by atoms with Crippen LogP contribution in [0.1, 0.15) is 25.8 Å². The van der Waals surface area contributed by atoms with Gasteiger partial charge in [0, 0.05) is 6.54 Å². The maximum atomic E-state index is 13.3. The summed E-state index contributed by atoms with van der Waals surface area (Å²) in [6, 6.07) is 5.13. The van der Waals surface area contributed by atoms with Gasteiger partial charge in [-0.25, -0.2) is 17.5 Å². The highest BCUT2D eigenvalue weighted by atomic mass is 32.2. The average molecular weight is 270 g/mol. The Balaban J connectivity index is 3.00. The van der Waals surface area contributed by atoms with E-state index in [9.17, 15) is 12.8 Å². The van der Waals surface area contributed by atoms with Gasteiger partial charge < -0.3 is 0 Å². The monoisotopic (exact) mass is 270 g/mol. The molecule has 0 bridgehead atoms. The maximum Gasteiger partial charge on any atom is 0.241 e. The number of rotatable bonds is 5. The number of hydrogen-bond acceptors (Lipinski definition) is 3. The molecule has 0 saturated heterocycles. The maximum absolute atomic E-state index is 13.3. The van der Waals surface area contributed by atoms with Gasteiger partial charge in [0.15, 0.2) is 0 Å². The first kappa shape index (κ1) is 14.6. The molecule has 0 radical (unpaired) electrons. The molecule has 0 aliphatic carbocycles. The SMILES string of the molecule is CC(C)CCNS(=O)(=O)c1cccc(F)c1C#N. The van der Waals surface area contributed by atoms with E-state index < -0.39 is 21.4 Å². The molecule has 6 heteroatoms. The van der Waals surface area contributed by atoms with Crippen molar-refractivity contribution >= 4 is 10.0 Å². The van der Waals surface area contributed by atoms with E-state index in [1.807, 2.05) is 13.8 Å². The van der Waals surface area contributed by atoms with Crippen LogP contribution in [-0.4, -0.2) is 15.0 Å². The van der Waals surface area contributed by atoms with Crippen LogP contribution >= 0.6 is 0 Å². The lowest BCUT2D eigenvalue weighted by molar-refractivity contribution is 0.549. The average Bonchev–Trinajstić information content (AvgIpc) is 2.27. The Bertz CT molecular complexity index is 562. The van der Waals surface area contributed by atoms with Gasteiger partial charge in [0.05, 0.1) is 0 Å². The Morgan fingerprint density at radius 3 is 2.67 bits per heavy atom. The van der Waals surface area contributed by atoms with Crippen molar-refractivity contribution in [2.24, 2.45) is 5.92 Å². The third-order valence-electron chi connectivity index (χ3n) is 2.39. The second-order valence-corrected chi connectivity index (χ2v) is 6.04. The Labute approximate surface area is 106 Å². The smallest absolute Gasteiger partial charge is 0.211 e. The molecule has 0 saturated carbocycles. The Hall–Kier alpha value is -1.45. The molecule has 0 spiro atoms. The van der Waals surface area contributed by atoms with E-state index in [4.69, 9.17) is 5.26 Å². The quantitative estimate of drug-likeness (QED) is 0.889. The van der Waals surface area contributed by atoms with Crippen molar-refractivity contribution in [3.8, 4) is 6.07 Å². The van der Waals surface area contributed by atoms with Crippen LogP contribution in [0.5, 0.6) is 0 Å². The zero-order chi connectivity index (χ0) is 13.8. The third-order valence-corrected chi connectivity index (χ3v) is 3.89. The van der Waals surface area contributed by atoms with Gasteiger partial charge in [-0.15, -0.1) is 0 Å². The summed E-state index contributed by atoms with van der Waals surface area (Å²) in [6.07, 6.45) is 0.677. The molecule has 0 amide bonds. The molecule has 1 rings (SSSR count). The van der Waals surface area contributed by atoms with Crippen LogP contribution in [0.15, 0.2) is 23.1 Å². The van der Waals surface area contributed by atoms with Crippen LogP contribution in [0.25, 0.3) is 0 Å². The highest BCUT2D eigenvalue weighted by Crippen LogP contribution is 2.17. The van der Waals surface area contributed by atoms with Gasteiger partial charge in [-0.3, -0.25) is 0 Å². The Morgan fingerprint density at radius 1 is 1.44 bits per heavy atom. The lowest BCUT2D eigenvalue weighted by Crippen LogP contribution is -2.26. The van der Waals surface area contributed by atoms with Crippen LogP contribution in [0.2, 0.25) is 0 Å². The zero-order valence-electron chi connectivity index (χ0n) is 10.3. The fraction of sp³-hybridized carbons (Fsp3) is 0.417. The minimum Gasteiger partial charge on any atom is -0.211 e. The first-order valence-electron chi connectivity index (χ1n) is 5.56. The normalized spacial score (nSPS) is 11.5. The van der Waals surface area contributed by atoms with Gasteiger partial charge in [0.1, 0.15) is 22.3 Å². The predicted octanol–water partition coefficient (Wildman–Crippen LogP) is 2.02. The second-order valence-electron chi connectivity index (χ2n) is 4.31. The topological polar surface area (TPSA) is 70.0 Å². The molecule has 0 unspecified atom stereocenters. The summed E-state index contributed by atoms with van der Waals surface area (Å²) >= 11 is 0. The Morgan fingerprint density at radius 2 is 2.11 bits per heavy atom. The molecule has 18 heavy (non-hydrogen) atoms. The van der Waals surface area contributed by atoms with Gasteiger partial charge in [0.25, 0.3) is 0 Å². The number of sulfonamides is 1. The van der Waals surface area contributed by atoms with Crippen molar-refractivity contribution in [2.45, 2.75) is 25.2 Å². The lowest BCUT2D eigenvalue weighted by atomic mass is 10.1. The summed E-state index contributed by atoms with van der Waals surface area (Å²) in [7, 11) is -3.83. The van der Waals surface area contributed by atoms with Gasteiger partial charge in [-0.05, 0) is 24.5 Å². The molecule has 98 valence electrons. The largest absolute Gasteiger partial charge is 0.241 e. The van der Waals surface area contributed by atoms with Gasteiger partial charge >= 0.3 is 0 Å². The standard InChI is InChI=1S/C12H15FN2O2S/c1-9(2)6-7-15-18(16,17)12-5-3-4-11(13)10(12)8-14/h3-5,9,15H,6-7H2,1-2H3. The van der Waals surface area contributed by atoms with E-state index in [1.165, 1.54) is 12.1 Å². The molecule has 0 aliphatic heterocycles. The van der Waals surface area contributed by atoms with Crippen molar-refractivity contribution in [2.75, 3.05) is 6.54 Å². The van der Waals surface area contributed by atoms with Gasteiger partial charge in [-0.1, -0.05) is 19.9 Å². The molecular weight excluding hydrogens is 255 g/mol. The fourth-order valence-corrected chi connectivity index (χ4v) is 2.61. The minimum absolute atomic E-state index is 0.265. The van der Waals surface area contributed by atoms with E-state index in [-0.39, 0.29) is 11.4 Å². The zero-order valence-corrected chi connectivity index (χ0v) is 11.1. The number of nitrogens with one attached hydrogen (secondary N) is 1. The van der Waals surface area contributed by atoms with Crippen molar-refractivity contribution in [1.29, 1.82) is 5.26 Å². The predicted molar refractivity (Wildman–Crippen MR) is 65.8 cm³/mol.